The monoisotopic (exact) mass is 274 g/mol. The van der Waals surface area contributed by atoms with Crippen molar-refractivity contribution in [3.05, 3.63) is 32.6 Å². The average molecular weight is 274 g/mol. The van der Waals surface area contributed by atoms with E-state index in [1.807, 2.05) is 34.0 Å². The number of aryl methyl sites for hydroxylation is 2. The minimum atomic E-state index is 1.41. The fourth-order valence-electron chi connectivity index (χ4n) is 2.48. The van der Waals surface area contributed by atoms with Crippen LogP contribution in [0.2, 0.25) is 0 Å². The van der Waals surface area contributed by atoms with Gasteiger partial charge in [-0.2, -0.15) is 11.3 Å². The molecule has 4 rings (SSSR count). The summed E-state index contributed by atoms with van der Waals surface area (Å²) in [6.07, 6.45) is 0. The lowest BCUT2D eigenvalue weighted by atomic mass is 10.1. The summed E-state index contributed by atoms with van der Waals surface area (Å²) < 4.78 is 2.95. The Morgan fingerprint density at radius 3 is 1.65 bits per heavy atom. The van der Waals surface area contributed by atoms with Gasteiger partial charge < -0.3 is 0 Å². The van der Waals surface area contributed by atoms with E-state index in [2.05, 4.69) is 36.7 Å². The van der Waals surface area contributed by atoms with Crippen LogP contribution in [0.15, 0.2) is 22.9 Å². The van der Waals surface area contributed by atoms with Gasteiger partial charge >= 0.3 is 0 Å². The van der Waals surface area contributed by atoms with Crippen molar-refractivity contribution in [2.75, 3.05) is 0 Å². The fourth-order valence-corrected chi connectivity index (χ4v) is 5.54. The van der Waals surface area contributed by atoms with Gasteiger partial charge in [0.2, 0.25) is 0 Å². The number of fused-ring (bicyclic) bond motifs is 6. The number of thiophene rings is 3. The van der Waals surface area contributed by atoms with Gasteiger partial charge in [0, 0.05) is 31.3 Å². The van der Waals surface area contributed by atoms with E-state index in [0.29, 0.717) is 0 Å². The average Bonchev–Trinajstić information content (AvgIpc) is 2.91. The van der Waals surface area contributed by atoms with Crippen LogP contribution in [-0.2, 0) is 0 Å². The molecule has 0 N–H and O–H groups in total. The predicted molar refractivity (Wildman–Crippen MR) is 82.1 cm³/mol. The first-order valence-electron chi connectivity index (χ1n) is 5.52. The summed E-state index contributed by atoms with van der Waals surface area (Å²) in [5.41, 5.74) is 0. The molecule has 0 aliphatic rings. The Hall–Kier alpha value is -0.900. The summed E-state index contributed by atoms with van der Waals surface area (Å²) >= 11 is 5.67. The highest BCUT2D eigenvalue weighted by atomic mass is 32.1. The Balaban J connectivity index is 2.46. The molecule has 0 bridgehead atoms. The van der Waals surface area contributed by atoms with Gasteiger partial charge in [0.15, 0.2) is 0 Å². The Labute approximate surface area is 111 Å². The maximum Gasteiger partial charge on any atom is 0.0530 e. The van der Waals surface area contributed by atoms with Crippen LogP contribution in [0.3, 0.4) is 0 Å². The lowest BCUT2D eigenvalue weighted by molar-refractivity contribution is 1.66. The van der Waals surface area contributed by atoms with Crippen molar-refractivity contribution in [3.63, 3.8) is 0 Å². The quantitative estimate of drug-likeness (QED) is 0.372. The minimum Gasteiger partial charge on any atom is -0.151 e. The van der Waals surface area contributed by atoms with Crippen molar-refractivity contribution >= 4 is 65.0 Å². The summed E-state index contributed by atoms with van der Waals surface area (Å²) in [6.45, 7) is 4.41. The minimum absolute atomic E-state index is 1.41. The van der Waals surface area contributed by atoms with Crippen molar-refractivity contribution in [3.8, 4) is 0 Å². The Morgan fingerprint density at radius 1 is 0.706 bits per heavy atom. The van der Waals surface area contributed by atoms with E-state index in [1.54, 1.807) is 0 Å². The van der Waals surface area contributed by atoms with Crippen LogP contribution >= 0.6 is 34.0 Å². The topological polar surface area (TPSA) is 0 Å². The molecule has 17 heavy (non-hydrogen) atoms. The van der Waals surface area contributed by atoms with E-state index < -0.39 is 0 Å². The molecule has 0 radical (unpaired) electrons. The molecule has 0 aliphatic heterocycles. The molecule has 0 amide bonds. The predicted octanol–water partition coefficient (Wildman–Crippen LogP) is 5.95. The van der Waals surface area contributed by atoms with Crippen molar-refractivity contribution in [2.45, 2.75) is 13.8 Å². The smallest absolute Gasteiger partial charge is 0.0530 e. The number of benzene rings is 1. The molecule has 0 saturated carbocycles. The molecule has 3 heteroatoms. The summed E-state index contributed by atoms with van der Waals surface area (Å²) in [4.78, 5) is 2.82. The highest BCUT2D eigenvalue weighted by Gasteiger charge is 2.13. The second kappa shape index (κ2) is 3.31. The standard InChI is InChI=1S/C14H10S3/c1-7-3-9-11-5-15-6-12(11)10-4-8(2)17-14(10)13(9)16-7/h3-6H,1-2H3. The third-order valence-corrected chi connectivity index (χ3v) is 6.17. The molecule has 4 aromatic rings. The van der Waals surface area contributed by atoms with E-state index in [0.717, 1.165) is 0 Å². The molecular formula is C14H10S3. The lowest BCUT2D eigenvalue weighted by Gasteiger charge is -1.96. The Kier molecular flexibility index (Phi) is 1.96. The van der Waals surface area contributed by atoms with Crippen LogP contribution in [0, 0.1) is 13.8 Å². The van der Waals surface area contributed by atoms with E-state index in [-0.39, 0.29) is 0 Å². The molecule has 3 aromatic heterocycles. The molecule has 1 aromatic carbocycles. The summed E-state index contributed by atoms with van der Waals surface area (Å²) in [7, 11) is 0. The van der Waals surface area contributed by atoms with Crippen molar-refractivity contribution in [2.24, 2.45) is 0 Å². The first kappa shape index (κ1) is 10.1. The van der Waals surface area contributed by atoms with Crippen LogP contribution in [-0.4, -0.2) is 0 Å². The molecule has 0 spiro atoms. The first-order valence-corrected chi connectivity index (χ1v) is 8.10. The summed E-state index contributed by atoms with van der Waals surface area (Å²) in [5, 5.41) is 10.3. The fraction of sp³-hybridized carbons (Fsp3) is 0.143. The van der Waals surface area contributed by atoms with Crippen LogP contribution in [0.25, 0.3) is 30.9 Å². The van der Waals surface area contributed by atoms with E-state index in [9.17, 15) is 0 Å². The number of rotatable bonds is 0. The highest BCUT2D eigenvalue weighted by molar-refractivity contribution is 7.27. The van der Waals surface area contributed by atoms with Gasteiger partial charge in [0.1, 0.15) is 0 Å². The second-order valence-electron chi connectivity index (χ2n) is 4.40. The molecule has 0 aliphatic carbocycles. The molecule has 0 nitrogen and oxygen atoms in total. The normalized spacial score (nSPS) is 12.1. The maximum absolute atomic E-state index is 2.34. The molecule has 84 valence electrons. The third kappa shape index (κ3) is 1.27. The summed E-state index contributed by atoms with van der Waals surface area (Å²) in [5.74, 6) is 0. The maximum atomic E-state index is 2.34. The van der Waals surface area contributed by atoms with Crippen LogP contribution in [0.5, 0.6) is 0 Å². The van der Waals surface area contributed by atoms with E-state index >= 15 is 0 Å². The molecule has 0 saturated heterocycles. The first-order chi connectivity index (χ1) is 8.24. The van der Waals surface area contributed by atoms with Gasteiger partial charge in [-0.15, -0.1) is 22.7 Å². The SMILES string of the molecule is Cc1cc2c3cscc3c3cc(C)sc3c2s1. The number of hydrogen-bond acceptors (Lipinski definition) is 3. The zero-order valence-corrected chi connectivity index (χ0v) is 12.0. The van der Waals surface area contributed by atoms with Gasteiger partial charge in [-0.1, -0.05) is 0 Å². The van der Waals surface area contributed by atoms with Crippen molar-refractivity contribution in [1.82, 2.24) is 0 Å². The van der Waals surface area contributed by atoms with Crippen LogP contribution < -0.4 is 0 Å². The Morgan fingerprint density at radius 2 is 1.18 bits per heavy atom. The molecule has 0 unspecified atom stereocenters. The van der Waals surface area contributed by atoms with Gasteiger partial charge in [-0.3, -0.25) is 0 Å². The van der Waals surface area contributed by atoms with Crippen molar-refractivity contribution in [1.29, 1.82) is 0 Å². The van der Waals surface area contributed by atoms with Gasteiger partial charge in [0.05, 0.1) is 9.40 Å². The lowest BCUT2D eigenvalue weighted by Crippen LogP contribution is -1.68. The number of hydrogen-bond donors (Lipinski definition) is 0. The van der Waals surface area contributed by atoms with Crippen LogP contribution in [0.4, 0.5) is 0 Å². The molecule has 0 fully saturated rings. The third-order valence-electron chi connectivity index (χ3n) is 3.16. The highest BCUT2D eigenvalue weighted by Crippen LogP contribution is 2.43. The van der Waals surface area contributed by atoms with E-state index in [4.69, 9.17) is 0 Å². The van der Waals surface area contributed by atoms with Crippen molar-refractivity contribution < 1.29 is 0 Å². The zero-order chi connectivity index (χ0) is 11.6. The molecular weight excluding hydrogens is 264 g/mol. The summed E-state index contributed by atoms with van der Waals surface area (Å²) in [6, 6.07) is 4.67. The Bertz CT molecular complexity index is 787. The zero-order valence-electron chi connectivity index (χ0n) is 9.53. The largest absolute Gasteiger partial charge is 0.151 e. The molecule has 0 atom stereocenters. The second-order valence-corrected chi connectivity index (χ2v) is 7.66. The molecule has 3 heterocycles. The van der Waals surface area contributed by atoms with E-state index in [1.165, 1.54) is 40.7 Å². The van der Waals surface area contributed by atoms with Crippen LogP contribution in [0.1, 0.15) is 9.75 Å². The van der Waals surface area contributed by atoms with Gasteiger partial charge in [0.25, 0.3) is 0 Å². The van der Waals surface area contributed by atoms with Gasteiger partial charge in [-0.05, 0) is 36.7 Å². The van der Waals surface area contributed by atoms with Gasteiger partial charge in [-0.25, -0.2) is 0 Å².